The smallest absolute Gasteiger partial charge is 0.124 e. The van der Waals surface area contributed by atoms with Crippen molar-refractivity contribution in [2.75, 3.05) is 0 Å². The summed E-state index contributed by atoms with van der Waals surface area (Å²) in [6.07, 6.45) is 7.18. The third-order valence-electron chi connectivity index (χ3n) is 3.54. The van der Waals surface area contributed by atoms with E-state index in [4.69, 9.17) is 0 Å². The van der Waals surface area contributed by atoms with E-state index in [1.165, 1.54) is 10.9 Å². The quantitative estimate of drug-likeness (QED) is 0.740. The van der Waals surface area contributed by atoms with Gasteiger partial charge in [0.15, 0.2) is 0 Å². The minimum atomic E-state index is 0.231. The number of fused-ring (bicyclic) bond motifs is 1. The Bertz CT molecular complexity index is 590. The zero-order valence-electron chi connectivity index (χ0n) is 9.57. The highest BCUT2D eigenvalue weighted by molar-refractivity contribution is 5.80. The second kappa shape index (κ2) is 4.23. The molecule has 1 aliphatic carbocycles. The number of nitrogens with one attached hydrogen (secondary N) is 1. The number of rotatable bonds is 1. The van der Waals surface area contributed by atoms with Crippen molar-refractivity contribution in [3.8, 4) is 0 Å². The predicted octanol–water partition coefficient (Wildman–Crippen LogP) is 3.40. The molecule has 3 rings (SSSR count). The number of benzene rings is 1. The number of hydrogen-bond donors (Lipinski definition) is 1. The first-order chi connectivity index (χ1) is 8.38. The van der Waals surface area contributed by atoms with Crippen molar-refractivity contribution in [3.05, 3.63) is 48.0 Å². The molecule has 17 heavy (non-hydrogen) atoms. The molecule has 0 aliphatic heterocycles. The Hall–Kier alpha value is -1.79. The summed E-state index contributed by atoms with van der Waals surface area (Å²) in [6.45, 7) is 0. The standard InChI is InChI=1S/C15H14NO/c17-10-13-3-1-2-4-14(13)12-6-5-11-7-8-16-15(11)9-12/h3,5-9,14,16H,1-2,4H2. The van der Waals surface area contributed by atoms with Gasteiger partial charge in [0.1, 0.15) is 5.94 Å². The van der Waals surface area contributed by atoms with Gasteiger partial charge in [-0.05, 0) is 42.3 Å². The lowest BCUT2D eigenvalue weighted by Gasteiger charge is -2.22. The molecule has 1 saturated carbocycles. The van der Waals surface area contributed by atoms with Crippen molar-refractivity contribution in [2.45, 2.75) is 25.2 Å². The lowest BCUT2D eigenvalue weighted by molar-refractivity contribution is 0.554. The van der Waals surface area contributed by atoms with E-state index in [1.54, 1.807) is 0 Å². The van der Waals surface area contributed by atoms with Crippen LogP contribution in [0.5, 0.6) is 0 Å². The molecule has 1 heterocycles. The average Bonchev–Trinajstić information content (AvgIpc) is 2.85. The number of hydrogen-bond acceptors (Lipinski definition) is 1. The van der Waals surface area contributed by atoms with Crippen LogP contribution in [-0.2, 0) is 4.79 Å². The maximum absolute atomic E-state index is 11.0. The first-order valence-electron chi connectivity index (χ1n) is 6.04. The van der Waals surface area contributed by atoms with E-state index in [2.05, 4.69) is 35.2 Å². The summed E-state index contributed by atoms with van der Waals surface area (Å²) < 4.78 is 0. The fourth-order valence-corrected chi connectivity index (χ4v) is 2.62. The van der Waals surface area contributed by atoms with E-state index in [1.807, 2.05) is 12.6 Å². The average molecular weight is 224 g/mol. The minimum Gasteiger partial charge on any atom is -0.361 e. The van der Waals surface area contributed by atoms with Crippen molar-refractivity contribution in [2.24, 2.45) is 0 Å². The molecule has 2 aromatic rings. The molecule has 0 spiro atoms. The Kier molecular flexibility index (Phi) is 2.58. The molecule has 0 bridgehead atoms. The molecule has 1 radical (unpaired) electrons. The monoisotopic (exact) mass is 224 g/mol. The maximum atomic E-state index is 11.0. The molecule has 1 atom stereocenters. The highest BCUT2D eigenvalue weighted by Crippen LogP contribution is 2.36. The van der Waals surface area contributed by atoms with E-state index in [-0.39, 0.29) is 5.92 Å². The molecule has 2 nitrogen and oxygen atoms in total. The summed E-state index contributed by atoms with van der Waals surface area (Å²) in [6, 6.07) is 8.44. The highest BCUT2D eigenvalue weighted by Gasteiger charge is 2.22. The molecule has 2 heteroatoms. The second-order valence-electron chi connectivity index (χ2n) is 4.57. The number of aromatic nitrogens is 1. The highest BCUT2D eigenvalue weighted by atomic mass is 16.1. The van der Waals surface area contributed by atoms with Crippen molar-refractivity contribution >= 4 is 16.8 Å². The Morgan fingerprint density at radius 3 is 3.12 bits per heavy atom. The number of aromatic amines is 1. The van der Waals surface area contributed by atoms with Crippen LogP contribution in [0.15, 0.2) is 36.0 Å². The summed E-state index contributed by atoms with van der Waals surface area (Å²) >= 11 is 0. The van der Waals surface area contributed by atoms with E-state index < -0.39 is 0 Å². The summed E-state index contributed by atoms with van der Waals surface area (Å²) in [7, 11) is 0. The van der Waals surface area contributed by atoms with Gasteiger partial charge in [-0.1, -0.05) is 18.6 Å². The van der Waals surface area contributed by atoms with Crippen LogP contribution in [0.2, 0.25) is 0 Å². The van der Waals surface area contributed by atoms with Gasteiger partial charge in [0.2, 0.25) is 0 Å². The predicted molar refractivity (Wildman–Crippen MR) is 68.4 cm³/mol. The van der Waals surface area contributed by atoms with Gasteiger partial charge in [-0.15, -0.1) is 0 Å². The molecule has 85 valence electrons. The number of allylic oxidation sites excluding steroid dienone is 1. The Balaban J connectivity index is 2.04. The molecule has 0 amide bonds. The van der Waals surface area contributed by atoms with Crippen molar-refractivity contribution in [1.82, 2.24) is 4.98 Å². The molecule has 1 N–H and O–H groups in total. The van der Waals surface area contributed by atoms with E-state index in [0.29, 0.717) is 0 Å². The third kappa shape index (κ3) is 1.81. The van der Waals surface area contributed by atoms with Crippen molar-refractivity contribution in [3.63, 3.8) is 0 Å². The largest absolute Gasteiger partial charge is 0.361 e. The van der Waals surface area contributed by atoms with Crippen LogP contribution in [0, 0.1) is 6.42 Å². The number of H-pyrrole nitrogens is 1. The molecule has 1 fully saturated rings. The van der Waals surface area contributed by atoms with E-state index in [9.17, 15) is 4.79 Å². The Labute approximate surface area is 100 Å². The fraction of sp³-hybridized carbons (Fsp3) is 0.267. The van der Waals surface area contributed by atoms with Gasteiger partial charge in [0.25, 0.3) is 0 Å². The Morgan fingerprint density at radius 1 is 1.29 bits per heavy atom. The lowest BCUT2D eigenvalue weighted by Crippen LogP contribution is -2.09. The Morgan fingerprint density at radius 2 is 2.24 bits per heavy atom. The molecule has 0 saturated heterocycles. The van der Waals surface area contributed by atoms with Crippen LogP contribution in [0.4, 0.5) is 0 Å². The van der Waals surface area contributed by atoms with Gasteiger partial charge in [-0.2, -0.15) is 0 Å². The zero-order valence-corrected chi connectivity index (χ0v) is 9.57. The van der Waals surface area contributed by atoms with Crippen LogP contribution >= 0.6 is 0 Å². The van der Waals surface area contributed by atoms with Gasteiger partial charge < -0.3 is 4.98 Å². The summed E-state index contributed by atoms with van der Waals surface area (Å²) in [5.41, 5.74) is 3.18. The molecular weight excluding hydrogens is 210 g/mol. The topological polar surface area (TPSA) is 32.9 Å². The van der Waals surface area contributed by atoms with Crippen molar-refractivity contribution < 1.29 is 4.79 Å². The molecule has 1 aliphatic rings. The zero-order chi connectivity index (χ0) is 11.7. The summed E-state index contributed by atoms with van der Waals surface area (Å²) in [5, 5.41) is 1.21. The van der Waals surface area contributed by atoms with Crippen LogP contribution in [0.25, 0.3) is 10.9 Å². The van der Waals surface area contributed by atoms with E-state index in [0.717, 1.165) is 30.4 Å². The van der Waals surface area contributed by atoms with Crippen molar-refractivity contribution in [1.29, 1.82) is 0 Å². The van der Waals surface area contributed by atoms with Crippen LogP contribution in [-0.4, -0.2) is 10.9 Å². The van der Waals surface area contributed by atoms with E-state index >= 15 is 0 Å². The van der Waals surface area contributed by atoms with Crippen LogP contribution in [0.1, 0.15) is 30.7 Å². The summed E-state index contributed by atoms with van der Waals surface area (Å²) in [5.74, 6) is 2.33. The fourth-order valence-electron chi connectivity index (χ4n) is 2.62. The van der Waals surface area contributed by atoms with Gasteiger partial charge in [0.05, 0.1) is 0 Å². The SMILES string of the molecule is O=C=C1[CH]CCCC1c1ccc2cc[nH]c2c1. The molecular formula is C15H14NO. The first kappa shape index (κ1) is 10.4. The van der Waals surface area contributed by atoms with Gasteiger partial charge in [0, 0.05) is 23.2 Å². The summed E-state index contributed by atoms with van der Waals surface area (Å²) in [4.78, 5) is 14.2. The normalized spacial score (nSPS) is 20.5. The van der Waals surface area contributed by atoms with Gasteiger partial charge in [-0.3, -0.25) is 0 Å². The number of carbonyl (C=O) groups excluding carboxylic acids is 1. The maximum Gasteiger partial charge on any atom is 0.124 e. The molecule has 1 unspecified atom stereocenters. The van der Waals surface area contributed by atoms with Crippen LogP contribution < -0.4 is 0 Å². The molecule has 1 aromatic carbocycles. The molecule has 1 aromatic heterocycles. The van der Waals surface area contributed by atoms with Gasteiger partial charge >= 0.3 is 0 Å². The second-order valence-corrected chi connectivity index (χ2v) is 4.57. The van der Waals surface area contributed by atoms with Gasteiger partial charge in [-0.25, -0.2) is 4.79 Å². The van der Waals surface area contributed by atoms with Crippen LogP contribution in [0.3, 0.4) is 0 Å². The minimum absolute atomic E-state index is 0.231. The first-order valence-corrected chi connectivity index (χ1v) is 6.04. The lowest BCUT2D eigenvalue weighted by atomic mass is 9.80. The third-order valence-corrected chi connectivity index (χ3v) is 3.54.